The number of nitrogens with zero attached hydrogens (tertiary/aromatic N) is 1. The topological polar surface area (TPSA) is 91.9 Å². The van der Waals surface area contributed by atoms with E-state index in [0.29, 0.717) is 23.0 Å². The van der Waals surface area contributed by atoms with Crippen LogP contribution in [0.3, 0.4) is 0 Å². The molecule has 1 heterocycles. The summed E-state index contributed by atoms with van der Waals surface area (Å²) in [6, 6.07) is 16.4. The van der Waals surface area contributed by atoms with Gasteiger partial charge in [-0.3, -0.25) is 4.79 Å². The van der Waals surface area contributed by atoms with Crippen molar-refractivity contribution in [1.29, 1.82) is 0 Å². The summed E-state index contributed by atoms with van der Waals surface area (Å²) in [4.78, 5) is 19.6. The van der Waals surface area contributed by atoms with Crippen LogP contribution in [0.15, 0.2) is 70.5 Å². The van der Waals surface area contributed by atoms with Crippen LogP contribution < -0.4 is 10.9 Å². The second-order valence-electron chi connectivity index (χ2n) is 6.29. The molecule has 2 N–H and O–H groups in total. The number of H-pyrrole nitrogens is 1. The predicted molar refractivity (Wildman–Crippen MR) is 107 cm³/mol. The van der Waals surface area contributed by atoms with Crippen molar-refractivity contribution in [2.75, 3.05) is 18.1 Å². The van der Waals surface area contributed by atoms with Crippen LogP contribution in [0.5, 0.6) is 0 Å². The summed E-state index contributed by atoms with van der Waals surface area (Å²) >= 11 is 0. The Morgan fingerprint density at radius 3 is 2.37 bits per heavy atom. The largest absolute Gasteiger partial charge is 0.379 e. The lowest BCUT2D eigenvalue weighted by Gasteiger charge is -2.07. The summed E-state index contributed by atoms with van der Waals surface area (Å²) in [7, 11) is -3.17. The van der Waals surface area contributed by atoms with Crippen LogP contribution in [0.4, 0.5) is 5.69 Å². The van der Waals surface area contributed by atoms with Gasteiger partial charge in [0, 0.05) is 18.4 Å². The summed E-state index contributed by atoms with van der Waals surface area (Å²) < 4.78 is 22.9. The molecule has 0 aliphatic carbocycles. The van der Waals surface area contributed by atoms with E-state index in [1.54, 1.807) is 18.3 Å². The number of aromatic nitrogens is 2. The van der Waals surface area contributed by atoms with Gasteiger partial charge in [0.1, 0.15) is 11.5 Å². The Labute approximate surface area is 158 Å². The maximum atomic E-state index is 12.2. The van der Waals surface area contributed by atoms with Gasteiger partial charge in [0.2, 0.25) is 0 Å². The Bertz CT molecular complexity index is 1060. The third-order valence-corrected chi connectivity index (χ3v) is 5.28. The molecule has 0 amide bonds. The average Bonchev–Trinajstić information content (AvgIpc) is 2.66. The zero-order chi connectivity index (χ0) is 19.3. The highest BCUT2D eigenvalue weighted by molar-refractivity contribution is 7.90. The van der Waals surface area contributed by atoms with E-state index in [0.717, 1.165) is 24.0 Å². The molecule has 0 aliphatic heterocycles. The second kappa shape index (κ2) is 8.18. The highest BCUT2D eigenvalue weighted by Crippen LogP contribution is 2.13. The van der Waals surface area contributed by atoms with E-state index in [9.17, 15) is 13.2 Å². The van der Waals surface area contributed by atoms with Crippen molar-refractivity contribution in [3.05, 3.63) is 76.7 Å². The standard InChI is InChI=1S/C20H21N3O3S/c1-27(25,26)17-11-9-15(10-12-17)6-5-13-21-18-14-22-19(23-20(18)24)16-7-3-2-4-8-16/h2-4,7-12,14,21H,5-6,13H2,1H3,(H,22,23,24). The van der Waals surface area contributed by atoms with E-state index in [1.165, 1.54) is 6.26 Å². The lowest BCUT2D eigenvalue weighted by atomic mass is 10.1. The molecule has 0 radical (unpaired) electrons. The predicted octanol–water partition coefficient (Wildman–Crippen LogP) is 2.89. The maximum Gasteiger partial charge on any atom is 0.274 e. The van der Waals surface area contributed by atoms with E-state index in [-0.39, 0.29) is 5.56 Å². The molecule has 1 aromatic heterocycles. The first kappa shape index (κ1) is 18.8. The molecule has 3 aromatic rings. The molecule has 27 heavy (non-hydrogen) atoms. The van der Waals surface area contributed by atoms with Crippen molar-refractivity contribution in [2.24, 2.45) is 0 Å². The molecule has 6 nitrogen and oxygen atoms in total. The van der Waals surface area contributed by atoms with Crippen LogP contribution >= 0.6 is 0 Å². The zero-order valence-corrected chi connectivity index (χ0v) is 15.8. The summed E-state index contributed by atoms with van der Waals surface area (Å²) in [5.41, 5.74) is 2.14. The number of hydrogen-bond acceptors (Lipinski definition) is 5. The lowest BCUT2D eigenvalue weighted by molar-refractivity contribution is 0.602. The summed E-state index contributed by atoms with van der Waals surface area (Å²) in [6.45, 7) is 0.614. The molecule has 0 aliphatic rings. The summed E-state index contributed by atoms with van der Waals surface area (Å²) in [5, 5.41) is 3.10. The Kier molecular flexibility index (Phi) is 5.71. The second-order valence-corrected chi connectivity index (χ2v) is 8.30. The van der Waals surface area contributed by atoms with E-state index in [1.807, 2.05) is 42.5 Å². The molecule has 0 unspecified atom stereocenters. The third kappa shape index (κ3) is 5.04. The van der Waals surface area contributed by atoms with Crippen molar-refractivity contribution in [3.63, 3.8) is 0 Å². The fraction of sp³-hybridized carbons (Fsp3) is 0.200. The summed E-state index contributed by atoms with van der Waals surface area (Å²) in [6.07, 6.45) is 4.32. The van der Waals surface area contributed by atoms with Crippen LogP contribution in [0.1, 0.15) is 12.0 Å². The van der Waals surface area contributed by atoms with Crippen molar-refractivity contribution < 1.29 is 8.42 Å². The molecular weight excluding hydrogens is 362 g/mol. The lowest BCUT2D eigenvalue weighted by Crippen LogP contribution is -2.16. The Morgan fingerprint density at radius 1 is 1.04 bits per heavy atom. The molecule has 0 spiro atoms. The van der Waals surface area contributed by atoms with Gasteiger partial charge in [-0.05, 0) is 30.5 Å². The van der Waals surface area contributed by atoms with Gasteiger partial charge in [0.25, 0.3) is 5.56 Å². The van der Waals surface area contributed by atoms with Crippen LogP contribution in [-0.2, 0) is 16.3 Å². The van der Waals surface area contributed by atoms with Gasteiger partial charge in [0.15, 0.2) is 9.84 Å². The van der Waals surface area contributed by atoms with Gasteiger partial charge in [-0.25, -0.2) is 13.4 Å². The Hall–Kier alpha value is -2.93. The molecular formula is C20H21N3O3S. The van der Waals surface area contributed by atoms with Gasteiger partial charge < -0.3 is 10.3 Å². The zero-order valence-electron chi connectivity index (χ0n) is 15.0. The number of aryl methyl sites for hydroxylation is 1. The maximum absolute atomic E-state index is 12.2. The van der Waals surface area contributed by atoms with E-state index in [2.05, 4.69) is 15.3 Å². The first-order chi connectivity index (χ1) is 12.9. The molecule has 0 bridgehead atoms. The SMILES string of the molecule is CS(=O)(=O)c1ccc(CCCNc2cnc(-c3ccccc3)[nH]c2=O)cc1. The van der Waals surface area contributed by atoms with Crippen LogP contribution in [0, 0.1) is 0 Å². The van der Waals surface area contributed by atoms with Crippen LogP contribution in [0.25, 0.3) is 11.4 Å². The Balaban J connectivity index is 1.54. The van der Waals surface area contributed by atoms with E-state index < -0.39 is 9.84 Å². The third-order valence-electron chi connectivity index (χ3n) is 4.16. The number of benzene rings is 2. The minimum absolute atomic E-state index is 0.207. The van der Waals surface area contributed by atoms with Gasteiger partial charge in [-0.2, -0.15) is 0 Å². The number of rotatable bonds is 7. The molecule has 0 saturated carbocycles. The number of nitrogens with one attached hydrogen (secondary N) is 2. The fourth-order valence-electron chi connectivity index (χ4n) is 2.68. The minimum Gasteiger partial charge on any atom is -0.379 e. The van der Waals surface area contributed by atoms with Crippen molar-refractivity contribution in [3.8, 4) is 11.4 Å². The smallest absolute Gasteiger partial charge is 0.274 e. The van der Waals surface area contributed by atoms with Gasteiger partial charge in [-0.15, -0.1) is 0 Å². The molecule has 140 valence electrons. The molecule has 0 fully saturated rings. The molecule has 3 rings (SSSR count). The van der Waals surface area contributed by atoms with E-state index >= 15 is 0 Å². The van der Waals surface area contributed by atoms with E-state index in [4.69, 9.17) is 0 Å². The Morgan fingerprint density at radius 2 is 1.74 bits per heavy atom. The number of hydrogen-bond donors (Lipinski definition) is 2. The average molecular weight is 383 g/mol. The highest BCUT2D eigenvalue weighted by Gasteiger charge is 2.06. The fourth-order valence-corrected chi connectivity index (χ4v) is 3.31. The molecule has 0 atom stereocenters. The van der Waals surface area contributed by atoms with Gasteiger partial charge in [0.05, 0.1) is 11.1 Å². The number of aromatic amines is 1. The van der Waals surface area contributed by atoms with Gasteiger partial charge >= 0.3 is 0 Å². The number of sulfone groups is 1. The first-order valence-corrected chi connectivity index (χ1v) is 10.5. The summed E-state index contributed by atoms with van der Waals surface area (Å²) in [5.74, 6) is 0.539. The minimum atomic E-state index is -3.17. The monoisotopic (exact) mass is 383 g/mol. The van der Waals surface area contributed by atoms with Crippen molar-refractivity contribution in [1.82, 2.24) is 9.97 Å². The van der Waals surface area contributed by atoms with Crippen LogP contribution in [0.2, 0.25) is 0 Å². The number of anilines is 1. The van der Waals surface area contributed by atoms with Gasteiger partial charge in [-0.1, -0.05) is 42.5 Å². The van der Waals surface area contributed by atoms with Crippen LogP contribution in [-0.4, -0.2) is 31.2 Å². The normalized spacial score (nSPS) is 11.3. The molecule has 2 aromatic carbocycles. The quantitative estimate of drug-likeness (QED) is 0.612. The van der Waals surface area contributed by atoms with Crippen molar-refractivity contribution >= 4 is 15.5 Å². The first-order valence-electron chi connectivity index (χ1n) is 8.61. The molecule has 7 heteroatoms. The molecule has 0 saturated heterocycles. The highest BCUT2D eigenvalue weighted by atomic mass is 32.2. The van der Waals surface area contributed by atoms with Crippen molar-refractivity contribution in [2.45, 2.75) is 17.7 Å².